The van der Waals surface area contributed by atoms with Crippen molar-refractivity contribution in [1.29, 1.82) is 0 Å². The molecule has 130 valence electrons. The molecule has 0 aromatic carbocycles. The van der Waals surface area contributed by atoms with Gasteiger partial charge in [0, 0.05) is 6.08 Å². The molecule has 0 aliphatic rings. The molecule has 0 radical (unpaired) electrons. The van der Waals surface area contributed by atoms with Crippen LogP contribution in [0.3, 0.4) is 0 Å². The molecule has 0 saturated heterocycles. The van der Waals surface area contributed by atoms with Crippen molar-refractivity contribution < 1.29 is 14.0 Å². The Morgan fingerprint density at radius 1 is 0.909 bits per heavy atom. The lowest BCUT2D eigenvalue weighted by molar-refractivity contribution is -0.888. The number of hydrogen-bond donors (Lipinski definition) is 0. The Labute approximate surface area is 138 Å². The average molecular weight is 313 g/mol. The summed E-state index contributed by atoms with van der Waals surface area (Å²) >= 11 is 0. The quantitative estimate of drug-likeness (QED) is 0.189. The van der Waals surface area contributed by atoms with Crippen LogP contribution in [-0.2, 0) is 9.53 Å². The van der Waals surface area contributed by atoms with E-state index in [4.69, 9.17) is 4.74 Å². The predicted molar refractivity (Wildman–Crippen MR) is 94.8 cm³/mol. The third-order valence-electron chi connectivity index (χ3n) is 4.42. The molecule has 3 heteroatoms. The highest BCUT2D eigenvalue weighted by molar-refractivity contribution is 5.81. The number of esters is 1. The molecular formula is C19H38NO2+. The molecule has 0 N–H and O–H groups in total. The molecule has 0 aliphatic carbocycles. The van der Waals surface area contributed by atoms with Gasteiger partial charge in [0.1, 0.15) is 0 Å². The Morgan fingerprint density at radius 3 is 1.82 bits per heavy atom. The van der Waals surface area contributed by atoms with E-state index in [0.29, 0.717) is 6.61 Å². The first-order valence-electron chi connectivity index (χ1n) is 9.13. The van der Waals surface area contributed by atoms with E-state index in [-0.39, 0.29) is 5.97 Å². The Kier molecular flexibility index (Phi) is 13.3. The highest BCUT2D eigenvalue weighted by Crippen LogP contribution is 2.11. The highest BCUT2D eigenvalue weighted by atomic mass is 16.5. The SMILES string of the molecule is C=CC(=O)OCCCCCCCCCCCC[N+](C)(C)CC. The van der Waals surface area contributed by atoms with Crippen molar-refractivity contribution in [2.24, 2.45) is 0 Å². The van der Waals surface area contributed by atoms with Gasteiger partial charge >= 0.3 is 5.97 Å². The maximum absolute atomic E-state index is 10.8. The first kappa shape index (κ1) is 21.2. The summed E-state index contributed by atoms with van der Waals surface area (Å²) in [6.45, 7) is 8.72. The molecule has 22 heavy (non-hydrogen) atoms. The van der Waals surface area contributed by atoms with Crippen molar-refractivity contribution in [2.45, 2.75) is 71.1 Å². The van der Waals surface area contributed by atoms with Crippen LogP contribution in [0.1, 0.15) is 71.1 Å². The van der Waals surface area contributed by atoms with Gasteiger partial charge in [-0.25, -0.2) is 4.79 Å². The Morgan fingerprint density at radius 2 is 1.36 bits per heavy atom. The van der Waals surface area contributed by atoms with Gasteiger partial charge in [-0.3, -0.25) is 0 Å². The van der Waals surface area contributed by atoms with Gasteiger partial charge in [0.05, 0.1) is 33.8 Å². The van der Waals surface area contributed by atoms with Crippen molar-refractivity contribution in [3.63, 3.8) is 0 Å². The molecule has 0 saturated carbocycles. The van der Waals surface area contributed by atoms with Crippen molar-refractivity contribution in [2.75, 3.05) is 33.8 Å². The minimum absolute atomic E-state index is 0.305. The summed E-state index contributed by atoms with van der Waals surface area (Å²) in [5, 5.41) is 0. The van der Waals surface area contributed by atoms with E-state index in [9.17, 15) is 4.79 Å². The van der Waals surface area contributed by atoms with Crippen molar-refractivity contribution >= 4 is 5.97 Å². The molecule has 0 amide bonds. The fraction of sp³-hybridized carbons (Fsp3) is 0.842. The topological polar surface area (TPSA) is 26.3 Å². The molecule has 0 rings (SSSR count). The molecular weight excluding hydrogens is 274 g/mol. The summed E-state index contributed by atoms with van der Waals surface area (Å²) in [7, 11) is 4.64. The molecule has 0 unspecified atom stereocenters. The van der Waals surface area contributed by atoms with E-state index >= 15 is 0 Å². The largest absolute Gasteiger partial charge is 0.463 e. The smallest absolute Gasteiger partial charge is 0.330 e. The number of carbonyl (C=O) groups excluding carboxylic acids is 1. The lowest BCUT2D eigenvalue weighted by atomic mass is 10.1. The van der Waals surface area contributed by atoms with Gasteiger partial charge in [0.2, 0.25) is 0 Å². The first-order chi connectivity index (χ1) is 10.5. The predicted octanol–water partition coefficient (Wildman–Crippen LogP) is 4.71. The second kappa shape index (κ2) is 13.8. The normalized spacial score (nSPS) is 11.4. The second-order valence-corrected chi connectivity index (χ2v) is 6.88. The minimum atomic E-state index is -0.305. The van der Waals surface area contributed by atoms with E-state index in [1.54, 1.807) is 0 Å². The van der Waals surface area contributed by atoms with Crippen LogP contribution in [0.5, 0.6) is 0 Å². The Hall–Kier alpha value is -0.830. The molecule has 0 aromatic rings. The lowest BCUT2D eigenvalue weighted by Crippen LogP contribution is -2.39. The van der Waals surface area contributed by atoms with E-state index in [2.05, 4.69) is 27.6 Å². The van der Waals surface area contributed by atoms with Crippen molar-refractivity contribution in [1.82, 2.24) is 0 Å². The van der Waals surface area contributed by atoms with Crippen molar-refractivity contribution in [3.05, 3.63) is 12.7 Å². The van der Waals surface area contributed by atoms with Gasteiger partial charge < -0.3 is 9.22 Å². The molecule has 0 fully saturated rings. The van der Waals surface area contributed by atoms with E-state index < -0.39 is 0 Å². The fourth-order valence-electron chi connectivity index (χ4n) is 2.45. The van der Waals surface area contributed by atoms with Gasteiger partial charge in [0.15, 0.2) is 0 Å². The molecule has 0 aliphatic heterocycles. The van der Waals surface area contributed by atoms with E-state index in [1.165, 1.54) is 70.5 Å². The van der Waals surface area contributed by atoms with Crippen LogP contribution in [-0.4, -0.2) is 44.2 Å². The van der Waals surface area contributed by atoms with Crippen molar-refractivity contribution in [3.8, 4) is 0 Å². The summed E-state index contributed by atoms with van der Waals surface area (Å²) in [4.78, 5) is 10.8. The van der Waals surface area contributed by atoms with Crippen LogP contribution in [0.15, 0.2) is 12.7 Å². The Bertz CT molecular complexity index is 287. The van der Waals surface area contributed by atoms with Crippen LogP contribution >= 0.6 is 0 Å². The van der Waals surface area contributed by atoms with Crippen LogP contribution in [0.2, 0.25) is 0 Å². The van der Waals surface area contributed by atoms with Gasteiger partial charge in [0.25, 0.3) is 0 Å². The standard InChI is InChI=1S/C19H38NO2/c1-5-19(21)22-18-16-14-12-10-8-7-9-11-13-15-17-20(3,4)6-2/h5H,1,6-18H2,2-4H3/q+1. The highest BCUT2D eigenvalue weighted by Gasteiger charge is 2.09. The molecule has 0 aromatic heterocycles. The zero-order valence-corrected chi connectivity index (χ0v) is 15.2. The molecule has 0 heterocycles. The number of unbranched alkanes of at least 4 members (excludes halogenated alkanes) is 9. The van der Waals surface area contributed by atoms with Gasteiger partial charge in [-0.1, -0.05) is 51.5 Å². The number of carbonyl (C=O) groups is 1. The average Bonchev–Trinajstić information content (AvgIpc) is 2.51. The fourth-order valence-corrected chi connectivity index (χ4v) is 2.45. The number of quaternary nitrogens is 1. The third kappa shape index (κ3) is 14.1. The summed E-state index contributed by atoms with van der Waals surface area (Å²) in [5.74, 6) is -0.305. The zero-order valence-electron chi connectivity index (χ0n) is 15.2. The number of ether oxygens (including phenoxy) is 1. The summed E-state index contributed by atoms with van der Waals surface area (Å²) < 4.78 is 6.10. The zero-order chi connectivity index (χ0) is 16.7. The van der Waals surface area contributed by atoms with E-state index in [1.807, 2.05) is 0 Å². The second-order valence-electron chi connectivity index (χ2n) is 6.88. The Balaban J connectivity index is 3.15. The van der Waals surface area contributed by atoms with Gasteiger partial charge in [-0.05, 0) is 26.2 Å². The molecule has 0 bridgehead atoms. The number of nitrogens with zero attached hydrogens (tertiary/aromatic N) is 1. The molecule has 0 spiro atoms. The van der Waals surface area contributed by atoms with Crippen LogP contribution in [0.4, 0.5) is 0 Å². The summed E-state index contributed by atoms with van der Waals surface area (Å²) in [6, 6.07) is 0. The lowest BCUT2D eigenvalue weighted by Gasteiger charge is -2.28. The van der Waals surface area contributed by atoms with Crippen LogP contribution in [0.25, 0.3) is 0 Å². The van der Waals surface area contributed by atoms with Crippen LogP contribution in [0, 0.1) is 0 Å². The monoisotopic (exact) mass is 312 g/mol. The molecule has 0 atom stereocenters. The van der Waals surface area contributed by atoms with E-state index in [0.717, 1.165) is 17.3 Å². The summed E-state index contributed by atoms with van der Waals surface area (Å²) in [5.41, 5.74) is 0. The first-order valence-corrected chi connectivity index (χ1v) is 9.13. The number of hydrogen-bond acceptors (Lipinski definition) is 2. The van der Waals surface area contributed by atoms with Gasteiger partial charge in [-0.15, -0.1) is 0 Å². The third-order valence-corrected chi connectivity index (χ3v) is 4.42. The summed E-state index contributed by atoms with van der Waals surface area (Å²) in [6.07, 6.45) is 14.2. The number of rotatable bonds is 15. The molecule has 3 nitrogen and oxygen atoms in total. The maximum atomic E-state index is 10.8. The minimum Gasteiger partial charge on any atom is -0.463 e. The van der Waals surface area contributed by atoms with Gasteiger partial charge in [-0.2, -0.15) is 0 Å². The maximum Gasteiger partial charge on any atom is 0.330 e. The van der Waals surface area contributed by atoms with Crippen LogP contribution < -0.4 is 0 Å².